The molecule has 1 aromatic heterocycles. The number of rotatable bonds is 4. The second-order valence-electron chi connectivity index (χ2n) is 4.76. The number of aromatic nitrogens is 1. The first-order valence-corrected chi connectivity index (χ1v) is 7.35. The number of hydrogen-bond acceptors (Lipinski definition) is 5. The van der Waals surface area contributed by atoms with Crippen LogP contribution in [0.2, 0.25) is 0 Å². The lowest BCUT2D eigenvalue weighted by Gasteiger charge is -2.13. The van der Waals surface area contributed by atoms with Crippen LogP contribution in [0.1, 0.15) is 38.9 Å². The van der Waals surface area contributed by atoms with E-state index in [2.05, 4.69) is 10.3 Å². The molecule has 0 fully saturated rings. The first-order chi connectivity index (χ1) is 9.92. The monoisotopic (exact) mass is 306 g/mol. The average molecular weight is 306 g/mol. The van der Waals surface area contributed by atoms with E-state index in [1.54, 1.807) is 23.5 Å². The van der Waals surface area contributed by atoms with Crippen molar-refractivity contribution in [2.45, 2.75) is 26.8 Å². The molecule has 0 aliphatic carbocycles. The maximum absolute atomic E-state index is 12.2. The summed E-state index contributed by atoms with van der Waals surface area (Å²) in [5, 5.41) is 13.6. The Bertz CT molecular complexity index is 667. The van der Waals surface area contributed by atoms with Gasteiger partial charge in [0.2, 0.25) is 0 Å². The summed E-state index contributed by atoms with van der Waals surface area (Å²) < 4.78 is 4.96. The van der Waals surface area contributed by atoms with Crippen LogP contribution in [0.4, 0.5) is 0 Å². The number of benzene rings is 1. The summed E-state index contributed by atoms with van der Waals surface area (Å²) >= 11 is 1.57. The van der Waals surface area contributed by atoms with Crippen LogP contribution in [0.3, 0.4) is 0 Å². The highest BCUT2D eigenvalue weighted by atomic mass is 32.1. The van der Waals surface area contributed by atoms with E-state index in [9.17, 15) is 9.90 Å². The van der Waals surface area contributed by atoms with Crippen molar-refractivity contribution in [2.24, 2.45) is 0 Å². The Hall–Kier alpha value is -2.08. The van der Waals surface area contributed by atoms with Crippen molar-refractivity contribution < 1.29 is 14.6 Å². The number of carbonyl (C=O) groups is 1. The largest absolute Gasteiger partial charge is 0.504 e. The number of phenols is 1. The molecule has 0 saturated heterocycles. The maximum Gasteiger partial charge on any atom is 0.251 e. The molecular weight excluding hydrogens is 288 g/mol. The lowest BCUT2D eigenvalue weighted by molar-refractivity contribution is 0.0940. The number of hydrogen-bond donors (Lipinski definition) is 2. The van der Waals surface area contributed by atoms with Gasteiger partial charge in [-0.3, -0.25) is 4.79 Å². The highest BCUT2D eigenvalue weighted by molar-refractivity contribution is 7.11. The quantitative estimate of drug-likeness (QED) is 0.911. The van der Waals surface area contributed by atoms with Gasteiger partial charge in [0.15, 0.2) is 11.5 Å². The molecule has 1 unspecified atom stereocenters. The zero-order valence-corrected chi connectivity index (χ0v) is 13.2. The lowest BCUT2D eigenvalue weighted by Crippen LogP contribution is -2.26. The summed E-state index contributed by atoms with van der Waals surface area (Å²) in [4.78, 5) is 17.6. The third-order valence-corrected chi connectivity index (χ3v) is 4.38. The van der Waals surface area contributed by atoms with Gasteiger partial charge in [0.05, 0.1) is 23.9 Å². The van der Waals surface area contributed by atoms with Crippen molar-refractivity contribution in [3.8, 4) is 11.5 Å². The molecule has 1 aromatic carbocycles. The SMILES string of the molecule is COc1ccc(C(=O)NC(C)c2sc(C)nc2C)cc1O. The van der Waals surface area contributed by atoms with Gasteiger partial charge in [-0.25, -0.2) is 4.98 Å². The minimum absolute atomic E-state index is 0.0531. The number of nitrogens with one attached hydrogen (secondary N) is 1. The summed E-state index contributed by atoms with van der Waals surface area (Å²) in [5.41, 5.74) is 1.32. The predicted octanol–water partition coefficient (Wildman–Crippen LogP) is 2.97. The molecule has 0 spiro atoms. The van der Waals surface area contributed by atoms with Gasteiger partial charge in [-0.05, 0) is 39.0 Å². The number of nitrogens with zero attached hydrogens (tertiary/aromatic N) is 1. The molecule has 0 saturated carbocycles. The first kappa shape index (κ1) is 15.3. The van der Waals surface area contributed by atoms with Crippen molar-refractivity contribution in [3.05, 3.63) is 39.3 Å². The van der Waals surface area contributed by atoms with Crippen LogP contribution in [0.25, 0.3) is 0 Å². The van der Waals surface area contributed by atoms with E-state index < -0.39 is 0 Å². The van der Waals surface area contributed by atoms with E-state index in [1.807, 2.05) is 20.8 Å². The van der Waals surface area contributed by atoms with E-state index >= 15 is 0 Å². The number of phenolic OH excluding ortho intramolecular Hbond substituents is 1. The van der Waals surface area contributed by atoms with Crippen LogP contribution < -0.4 is 10.1 Å². The zero-order chi connectivity index (χ0) is 15.6. The Morgan fingerprint density at radius 1 is 1.43 bits per heavy atom. The Morgan fingerprint density at radius 2 is 2.14 bits per heavy atom. The molecule has 2 N–H and O–H groups in total. The Labute approximate surface area is 127 Å². The van der Waals surface area contributed by atoms with Crippen LogP contribution in [0.15, 0.2) is 18.2 Å². The number of aromatic hydroxyl groups is 1. The van der Waals surface area contributed by atoms with Gasteiger partial charge >= 0.3 is 0 Å². The fourth-order valence-electron chi connectivity index (χ4n) is 2.13. The van der Waals surface area contributed by atoms with Gasteiger partial charge in [-0.15, -0.1) is 11.3 Å². The molecule has 2 aromatic rings. The fraction of sp³-hybridized carbons (Fsp3) is 0.333. The van der Waals surface area contributed by atoms with Gasteiger partial charge in [0.25, 0.3) is 5.91 Å². The molecule has 0 bridgehead atoms. The minimum Gasteiger partial charge on any atom is -0.504 e. The molecule has 0 aliphatic rings. The summed E-state index contributed by atoms with van der Waals surface area (Å²) in [6, 6.07) is 4.45. The summed E-state index contributed by atoms with van der Waals surface area (Å²) in [6.07, 6.45) is 0. The average Bonchev–Trinajstić information content (AvgIpc) is 2.77. The first-order valence-electron chi connectivity index (χ1n) is 6.54. The van der Waals surface area contributed by atoms with Crippen LogP contribution >= 0.6 is 11.3 Å². The van der Waals surface area contributed by atoms with Gasteiger partial charge in [-0.2, -0.15) is 0 Å². The Morgan fingerprint density at radius 3 is 2.67 bits per heavy atom. The molecule has 21 heavy (non-hydrogen) atoms. The normalized spacial score (nSPS) is 12.0. The number of thiazole rings is 1. The smallest absolute Gasteiger partial charge is 0.251 e. The van der Waals surface area contributed by atoms with E-state index in [-0.39, 0.29) is 17.7 Å². The number of amides is 1. The maximum atomic E-state index is 12.2. The molecule has 1 amide bonds. The highest BCUT2D eigenvalue weighted by Gasteiger charge is 2.17. The molecule has 1 atom stereocenters. The number of methoxy groups -OCH3 is 1. The zero-order valence-electron chi connectivity index (χ0n) is 12.4. The molecule has 0 radical (unpaired) electrons. The van der Waals surface area contributed by atoms with Crippen LogP contribution in [0.5, 0.6) is 11.5 Å². The van der Waals surface area contributed by atoms with Crippen molar-refractivity contribution in [1.29, 1.82) is 0 Å². The lowest BCUT2D eigenvalue weighted by atomic mass is 10.1. The van der Waals surface area contributed by atoms with Crippen LogP contribution in [0, 0.1) is 13.8 Å². The van der Waals surface area contributed by atoms with Crippen molar-refractivity contribution >= 4 is 17.2 Å². The van der Waals surface area contributed by atoms with E-state index in [1.165, 1.54) is 13.2 Å². The minimum atomic E-state index is -0.245. The third kappa shape index (κ3) is 3.33. The molecule has 6 heteroatoms. The number of aryl methyl sites for hydroxylation is 2. The molecule has 0 aliphatic heterocycles. The Kier molecular flexibility index (Phi) is 4.47. The summed E-state index contributed by atoms with van der Waals surface area (Å²) in [7, 11) is 1.46. The second kappa shape index (κ2) is 6.13. The molecular formula is C15H18N2O3S. The molecule has 2 rings (SSSR count). The third-order valence-electron chi connectivity index (χ3n) is 3.12. The van der Waals surface area contributed by atoms with E-state index in [0.717, 1.165) is 15.6 Å². The fourth-order valence-corrected chi connectivity index (χ4v) is 3.06. The van der Waals surface area contributed by atoms with Gasteiger partial charge in [-0.1, -0.05) is 0 Å². The van der Waals surface area contributed by atoms with E-state index in [4.69, 9.17) is 4.74 Å². The van der Waals surface area contributed by atoms with Crippen molar-refractivity contribution in [3.63, 3.8) is 0 Å². The van der Waals surface area contributed by atoms with Gasteiger partial charge in [0, 0.05) is 10.4 Å². The number of carbonyl (C=O) groups excluding carboxylic acids is 1. The second-order valence-corrected chi connectivity index (χ2v) is 6.00. The van der Waals surface area contributed by atoms with Crippen molar-refractivity contribution in [2.75, 3.05) is 7.11 Å². The summed E-state index contributed by atoms with van der Waals surface area (Å²) in [6.45, 7) is 5.79. The molecule has 5 nitrogen and oxygen atoms in total. The predicted molar refractivity (Wildman–Crippen MR) is 82.1 cm³/mol. The highest BCUT2D eigenvalue weighted by Crippen LogP contribution is 2.27. The van der Waals surface area contributed by atoms with Crippen LogP contribution in [-0.4, -0.2) is 23.1 Å². The standard InChI is InChI=1S/C15H18N2O3S/c1-8-14(21-10(3)16-8)9(2)17-15(19)11-5-6-13(20-4)12(18)7-11/h5-7,9,18H,1-4H3,(H,17,19). The topological polar surface area (TPSA) is 71.5 Å². The molecule has 1 heterocycles. The Balaban J connectivity index is 2.14. The van der Waals surface area contributed by atoms with Crippen LogP contribution in [-0.2, 0) is 0 Å². The summed E-state index contributed by atoms with van der Waals surface area (Å²) in [5.74, 6) is 0.0436. The van der Waals surface area contributed by atoms with Gasteiger partial charge in [0.1, 0.15) is 0 Å². The van der Waals surface area contributed by atoms with E-state index in [0.29, 0.717) is 11.3 Å². The number of ether oxygens (including phenoxy) is 1. The van der Waals surface area contributed by atoms with Crippen molar-refractivity contribution in [1.82, 2.24) is 10.3 Å². The van der Waals surface area contributed by atoms with Gasteiger partial charge < -0.3 is 15.2 Å². The molecule has 112 valence electrons.